The van der Waals surface area contributed by atoms with Gasteiger partial charge in [-0.3, -0.25) is 4.79 Å². The van der Waals surface area contributed by atoms with Crippen molar-refractivity contribution in [3.8, 4) is 0 Å². The summed E-state index contributed by atoms with van der Waals surface area (Å²) < 4.78 is 0. The van der Waals surface area contributed by atoms with Gasteiger partial charge in [0, 0.05) is 5.56 Å². The Kier molecular flexibility index (Phi) is 3.49. The van der Waals surface area contributed by atoms with Gasteiger partial charge in [-0.25, -0.2) is 0 Å². The van der Waals surface area contributed by atoms with Gasteiger partial charge < -0.3 is 5.73 Å². The Labute approximate surface area is 98.7 Å². The molecule has 2 nitrogen and oxygen atoms in total. The first-order valence-electron chi connectivity index (χ1n) is 5.19. The standard InChI is InChI=1S/C13H13NOS/c14-8-7-10-4-1-2-5-11(10)13(15)12-6-3-9-16-12/h1-6,9H,7-8,14H2. The number of thiophene rings is 1. The van der Waals surface area contributed by atoms with Crippen molar-refractivity contribution in [3.05, 3.63) is 57.8 Å². The van der Waals surface area contributed by atoms with Gasteiger partial charge in [0.15, 0.2) is 0 Å². The van der Waals surface area contributed by atoms with Gasteiger partial charge in [0.2, 0.25) is 5.78 Å². The van der Waals surface area contributed by atoms with Gasteiger partial charge in [-0.15, -0.1) is 11.3 Å². The maximum atomic E-state index is 12.2. The highest BCUT2D eigenvalue weighted by Gasteiger charge is 2.13. The van der Waals surface area contributed by atoms with E-state index in [1.165, 1.54) is 11.3 Å². The number of benzene rings is 1. The van der Waals surface area contributed by atoms with Crippen LogP contribution in [-0.4, -0.2) is 12.3 Å². The average Bonchev–Trinajstić information content (AvgIpc) is 2.83. The van der Waals surface area contributed by atoms with Crippen LogP contribution in [0.1, 0.15) is 20.8 Å². The molecule has 3 heteroatoms. The predicted molar refractivity (Wildman–Crippen MR) is 67.0 cm³/mol. The number of nitrogens with two attached hydrogens (primary N) is 1. The van der Waals surface area contributed by atoms with E-state index in [9.17, 15) is 4.79 Å². The molecule has 0 atom stereocenters. The molecule has 2 rings (SSSR count). The molecule has 0 fully saturated rings. The molecule has 0 unspecified atom stereocenters. The van der Waals surface area contributed by atoms with Crippen LogP contribution in [0.3, 0.4) is 0 Å². The first-order valence-corrected chi connectivity index (χ1v) is 6.07. The van der Waals surface area contributed by atoms with Crippen LogP contribution in [0.5, 0.6) is 0 Å². The SMILES string of the molecule is NCCc1ccccc1C(=O)c1cccs1. The normalized spacial score (nSPS) is 10.3. The van der Waals surface area contributed by atoms with E-state index in [0.717, 1.165) is 22.4 Å². The molecule has 0 aliphatic carbocycles. The molecule has 1 aromatic carbocycles. The smallest absolute Gasteiger partial charge is 0.203 e. The molecular formula is C13H13NOS. The van der Waals surface area contributed by atoms with E-state index in [4.69, 9.17) is 5.73 Å². The number of hydrogen-bond donors (Lipinski definition) is 1. The second-order valence-corrected chi connectivity index (χ2v) is 4.45. The summed E-state index contributed by atoms with van der Waals surface area (Å²) in [5.74, 6) is 0.0963. The van der Waals surface area contributed by atoms with Crippen molar-refractivity contribution in [1.82, 2.24) is 0 Å². The average molecular weight is 231 g/mol. The lowest BCUT2D eigenvalue weighted by molar-refractivity contribution is 0.104. The Morgan fingerprint density at radius 2 is 2.00 bits per heavy atom. The van der Waals surface area contributed by atoms with E-state index in [-0.39, 0.29) is 5.78 Å². The van der Waals surface area contributed by atoms with Gasteiger partial charge in [0.1, 0.15) is 0 Å². The number of carbonyl (C=O) groups is 1. The summed E-state index contributed by atoms with van der Waals surface area (Å²) >= 11 is 1.47. The molecule has 0 radical (unpaired) electrons. The molecule has 0 saturated carbocycles. The van der Waals surface area contributed by atoms with E-state index < -0.39 is 0 Å². The summed E-state index contributed by atoms with van der Waals surface area (Å²) in [5.41, 5.74) is 7.34. The lowest BCUT2D eigenvalue weighted by Gasteiger charge is -2.05. The highest BCUT2D eigenvalue weighted by molar-refractivity contribution is 7.12. The van der Waals surface area contributed by atoms with Crippen molar-refractivity contribution < 1.29 is 4.79 Å². The van der Waals surface area contributed by atoms with Crippen LogP contribution in [0.15, 0.2) is 41.8 Å². The van der Waals surface area contributed by atoms with Gasteiger partial charge in [-0.05, 0) is 30.0 Å². The van der Waals surface area contributed by atoms with Crippen LogP contribution in [0.2, 0.25) is 0 Å². The predicted octanol–water partition coefficient (Wildman–Crippen LogP) is 2.48. The van der Waals surface area contributed by atoms with Crippen LogP contribution in [-0.2, 0) is 6.42 Å². The van der Waals surface area contributed by atoms with E-state index in [1.54, 1.807) is 0 Å². The first kappa shape index (κ1) is 11.0. The van der Waals surface area contributed by atoms with E-state index in [2.05, 4.69) is 0 Å². The number of carbonyl (C=O) groups excluding carboxylic acids is 1. The van der Waals surface area contributed by atoms with Gasteiger partial charge >= 0.3 is 0 Å². The molecule has 0 bridgehead atoms. The van der Waals surface area contributed by atoms with Crippen LogP contribution in [0, 0.1) is 0 Å². The highest BCUT2D eigenvalue weighted by atomic mass is 32.1. The summed E-state index contributed by atoms with van der Waals surface area (Å²) in [5, 5.41) is 1.92. The molecule has 0 aliphatic heterocycles. The molecule has 82 valence electrons. The maximum absolute atomic E-state index is 12.2. The Balaban J connectivity index is 2.36. The molecule has 1 heterocycles. The summed E-state index contributed by atoms with van der Waals surface area (Å²) in [6.45, 7) is 0.564. The molecule has 2 aromatic rings. The van der Waals surface area contributed by atoms with E-state index in [1.807, 2.05) is 41.8 Å². The largest absolute Gasteiger partial charge is 0.330 e. The topological polar surface area (TPSA) is 43.1 Å². The van der Waals surface area contributed by atoms with Gasteiger partial charge in [0.05, 0.1) is 4.88 Å². The van der Waals surface area contributed by atoms with Crippen LogP contribution in [0.4, 0.5) is 0 Å². The Bertz CT molecular complexity index is 476. The third kappa shape index (κ3) is 2.21. The first-order chi connectivity index (χ1) is 7.83. The highest BCUT2D eigenvalue weighted by Crippen LogP contribution is 2.18. The molecule has 2 N–H and O–H groups in total. The molecule has 0 spiro atoms. The lowest BCUT2D eigenvalue weighted by atomic mass is 10.0. The zero-order valence-electron chi connectivity index (χ0n) is 8.85. The van der Waals surface area contributed by atoms with E-state index in [0.29, 0.717) is 6.54 Å². The minimum absolute atomic E-state index is 0.0963. The van der Waals surface area contributed by atoms with Crippen molar-refractivity contribution >= 4 is 17.1 Å². The Morgan fingerprint density at radius 3 is 2.69 bits per heavy atom. The van der Waals surface area contributed by atoms with Crippen LogP contribution < -0.4 is 5.73 Å². The van der Waals surface area contributed by atoms with Crippen molar-refractivity contribution in [2.45, 2.75) is 6.42 Å². The minimum Gasteiger partial charge on any atom is -0.330 e. The molecule has 0 saturated heterocycles. The van der Waals surface area contributed by atoms with E-state index >= 15 is 0 Å². The molecule has 1 aromatic heterocycles. The van der Waals surface area contributed by atoms with Crippen LogP contribution >= 0.6 is 11.3 Å². The fourth-order valence-electron chi connectivity index (χ4n) is 1.66. The fourth-order valence-corrected chi connectivity index (χ4v) is 2.33. The fraction of sp³-hybridized carbons (Fsp3) is 0.154. The summed E-state index contributed by atoms with van der Waals surface area (Å²) in [4.78, 5) is 13.0. The van der Waals surface area contributed by atoms with Gasteiger partial charge in [-0.1, -0.05) is 30.3 Å². The van der Waals surface area contributed by atoms with Crippen LogP contribution in [0.25, 0.3) is 0 Å². The lowest BCUT2D eigenvalue weighted by Crippen LogP contribution is -2.08. The summed E-state index contributed by atoms with van der Waals surface area (Å²) in [6, 6.07) is 11.4. The Hall–Kier alpha value is -1.45. The molecular weight excluding hydrogens is 218 g/mol. The third-order valence-corrected chi connectivity index (χ3v) is 3.29. The second-order valence-electron chi connectivity index (χ2n) is 3.50. The second kappa shape index (κ2) is 5.05. The quantitative estimate of drug-likeness (QED) is 0.821. The minimum atomic E-state index is 0.0963. The Morgan fingerprint density at radius 1 is 1.19 bits per heavy atom. The van der Waals surface area contributed by atoms with Crippen molar-refractivity contribution in [2.24, 2.45) is 5.73 Å². The number of ketones is 1. The monoisotopic (exact) mass is 231 g/mol. The molecule has 16 heavy (non-hydrogen) atoms. The van der Waals surface area contributed by atoms with Crippen molar-refractivity contribution in [3.63, 3.8) is 0 Å². The summed E-state index contributed by atoms with van der Waals surface area (Å²) in [7, 11) is 0. The van der Waals surface area contributed by atoms with Gasteiger partial charge in [-0.2, -0.15) is 0 Å². The zero-order valence-corrected chi connectivity index (χ0v) is 9.67. The summed E-state index contributed by atoms with van der Waals surface area (Å²) in [6.07, 6.45) is 0.743. The third-order valence-electron chi connectivity index (χ3n) is 2.42. The maximum Gasteiger partial charge on any atom is 0.203 e. The van der Waals surface area contributed by atoms with Crippen molar-refractivity contribution in [1.29, 1.82) is 0 Å². The van der Waals surface area contributed by atoms with Crippen molar-refractivity contribution in [2.75, 3.05) is 6.54 Å². The zero-order chi connectivity index (χ0) is 11.4. The number of hydrogen-bond acceptors (Lipinski definition) is 3. The number of rotatable bonds is 4. The van der Waals surface area contributed by atoms with Gasteiger partial charge in [0.25, 0.3) is 0 Å². The molecule has 0 aliphatic rings. The molecule has 0 amide bonds.